The zero-order chi connectivity index (χ0) is 16.0. The van der Waals surface area contributed by atoms with Gasteiger partial charge in [-0.2, -0.15) is 0 Å². The minimum atomic E-state index is -3.10. The second kappa shape index (κ2) is 7.56. The molecular formula is C15H24N2O3S. The van der Waals surface area contributed by atoms with Gasteiger partial charge in [-0.25, -0.2) is 8.42 Å². The lowest BCUT2D eigenvalue weighted by Gasteiger charge is -2.18. The second-order valence-electron chi connectivity index (χ2n) is 5.57. The van der Waals surface area contributed by atoms with E-state index in [9.17, 15) is 13.2 Å². The fraction of sp³-hybridized carbons (Fsp3) is 0.533. The maximum absolute atomic E-state index is 11.9. The summed E-state index contributed by atoms with van der Waals surface area (Å²) in [6, 6.07) is 7.16. The largest absolute Gasteiger partial charge is 0.352 e. The number of benzene rings is 1. The highest BCUT2D eigenvalue weighted by molar-refractivity contribution is 7.90. The Morgan fingerprint density at radius 1 is 1.33 bits per heavy atom. The second-order valence-corrected chi connectivity index (χ2v) is 7.83. The number of hydrogen-bond acceptors (Lipinski definition) is 4. The van der Waals surface area contributed by atoms with Gasteiger partial charge < -0.3 is 11.1 Å². The Morgan fingerprint density at radius 3 is 2.52 bits per heavy atom. The smallest absolute Gasteiger partial charge is 0.237 e. The minimum absolute atomic E-state index is 0.0529. The third kappa shape index (κ3) is 6.73. The molecule has 0 fully saturated rings. The van der Waals surface area contributed by atoms with Crippen LogP contribution >= 0.6 is 0 Å². The lowest BCUT2D eigenvalue weighted by molar-refractivity contribution is -0.122. The average Bonchev–Trinajstić information content (AvgIpc) is 2.37. The van der Waals surface area contributed by atoms with Crippen LogP contribution in [0.15, 0.2) is 24.3 Å². The molecule has 1 amide bonds. The van der Waals surface area contributed by atoms with E-state index in [2.05, 4.69) is 5.32 Å². The lowest BCUT2D eigenvalue weighted by atomic mass is 10.0. The number of nitrogens with one attached hydrogen (secondary N) is 1. The van der Waals surface area contributed by atoms with E-state index in [0.29, 0.717) is 0 Å². The van der Waals surface area contributed by atoms with Gasteiger partial charge in [-0.15, -0.1) is 0 Å². The standard InChI is InChI=1S/C15H24N2O3S/c1-11-6-4-5-7-13(11)10-12(2)17-15(18)14(16)8-9-21(3,19)20/h4-7,12,14H,8-10,16H2,1-3H3,(H,17,18). The molecule has 0 radical (unpaired) electrons. The van der Waals surface area contributed by atoms with Crippen molar-refractivity contribution in [1.82, 2.24) is 5.32 Å². The lowest BCUT2D eigenvalue weighted by Crippen LogP contribution is -2.45. The van der Waals surface area contributed by atoms with Gasteiger partial charge >= 0.3 is 0 Å². The number of carbonyl (C=O) groups is 1. The Hall–Kier alpha value is -1.40. The third-order valence-electron chi connectivity index (χ3n) is 3.31. The summed E-state index contributed by atoms with van der Waals surface area (Å²) in [4.78, 5) is 11.9. The van der Waals surface area contributed by atoms with Crippen molar-refractivity contribution in [2.24, 2.45) is 5.73 Å². The molecule has 0 aliphatic rings. The Morgan fingerprint density at radius 2 is 1.95 bits per heavy atom. The highest BCUT2D eigenvalue weighted by atomic mass is 32.2. The summed E-state index contributed by atoms with van der Waals surface area (Å²) in [5.41, 5.74) is 8.08. The van der Waals surface area contributed by atoms with E-state index >= 15 is 0 Å². The van der Waals surface area contributed by atoms with Crippen LogP contribution in [0.25, 0.3) is 0 Å². The molecule has 2 atom stereocenters. The maximum atomic E-state index is 11.9. The molecule has 6 heteroatoms. The number of nitrogens with two attached hydrogens (primary N) is 1. The average molecular weight is 312 g/mol. The zero-order valence-electron chi connectivity index (χ0n) is 12.8. The Labute approximate surface area is 126 Å². The van der Waals surface area contributed by atoms with Gasteiger partial charge in [0.15, 0.2) is 0 Å². The van der Waals surface area contributed by atoms with Crippen LogP contribution in [-0.4, -0.2) is 38.4 Å². The molecule has 0 aliphatic heterocycles. The molecule has 1 aromatic carbocycles. The van der Waals surface area contributed by atoms with Gasteiger partial charge in [0.2, 0.25) is 5.91 Å². The van der Waals surface area contributed by atoms with E-state index in [0.717, 1.165) is 12.7 Å². The number of hydrogen-bond donors (Lipinski definition) is 2. The van der Waals surface area contributed by atoms with E-state index in [-0.39, 0.29) is 24.1 Å². The first kappa shape index (κ1) is 17.7. The number of aryl methyl sites for hydroxylation is 1. The first-order valence-electron chi connectivity index (χ1n) is 6.97. The molecule has 0 aromatic heterocycles. The zero-order valence-corrected chi connectivity index (χ0v) is 13.6. The first-order chi connectivity index (χ1) is 9.69. The van der Waals surface area contributed by atoms with Gasteiger partial charge in [-0.1, -0.05) is 24.3 Å². The molecule has 0 saturated heterocycles. The molecule has 118 valence electrons. The Balaban J connectivity index is 2.48. The van der Waals surface area contributed by atoms with E-state index in [1.807, 2.05) is 38.1 Å². The predicted octanol–water partition coefficient (Wildman–Crippen LogP) is 0.804. The van der Waals surface area contributed by atoms with Gasteiger partial charge in [0, 0.05) is 12.3 Å². The summed E-state index contributed by atoms with van der Waals surface area (Å²) < 4.78 is 22.1. The van der Waals surface area contributed by atoms with Crippen molar-refractivity contribution >= 4 is 15.7 Å². The van der Waals surface area contributed by atoms with Crippen LogP contribution in [0.5, 0.6) is 0 Å². The summed E-state index contributed by atoms with van der Waals surface area (Å²) >= 11 is 0. The molecule has 0 bridgehead atoms. The van der Waals surface area contributed by atoms with Crippen molar-refractivity contribution in [3.8, 4) is 0 Å². The Kier molecular flexibility index (Phi) is 6.36. The van der Waals surface area contributed by atoms with E-state index in [4.69, 9.17) is 5.73 Å². The van der Waals surface area contributed by atoms with Crippen molar-refractivity contribution in [3.63, 3.8) is 0 Å². The Bertz CT molecular complexity index is 584. The minimum Gasteiger partial charge on any atom is -0.352 e. The summed E-state index contributed by atoms with van der Waals surface area (Å²) in [7, 11) is -3.10. The van der Waals surface area contributed by atoms with E-state index in [1.54, 1.807) is 0 Å². The molecule has 21 heavy (non-hydrogen) atoms. The van der Waals surface area contributed by atoms with Crippen molar-refractivity contribution in [1.29, 1.82) is 0 Å². The summed E-state index contributed by atoms with van der Waals surface area (Å²) in [6.45, 7) is 3.94. The van der Waals surface area contributed by atoms with E-state index < -0.39 is 15.9 Å². The molecule has 0 aliphatic carbocycles. The van der Waals surface area contributed by atoms with Crippen molar-refractivity contribution < 1.29 is 13.2 Å². The third-order valence-corrected chi connectivity index (χ3v) is 4.29. The highest BCUT2D eigenvalue weighted by Crippen LogP contribution is 2.09. The van der Waals surface area contributed by atoms with Gasteiger partial charge in [-0.05, 0) is 37.8 Å². The van der Waals surface area contributed by atoms with Crippen LogP contribution in [0.1, 0.15) is 24.5 Å². The van der Waals surface area contributed by atoms with Crippen LogP contribution in [0, 0.1) is 6.92 Å². The summed E-state index contributed by atoms with van der Waals surface area (Å²) in [5.74, 6) is -0.381. The van der Waals surface area contributed by atoms with E-state index in [1.165, 1.54) is 11.1 Å². The van der Waals surface area contributed by atoms with Crippen LogP contribution in [0.4, 0.5) is 0 Å². The molecule has 5 nitrogen and oxygen atoms in total. The molecule has 0 heterocycles. The van der Waals surface area contributed by atoms with Crippen LogP contribution in [0.3, 0.4) is 0 Å². The molecule has 1 rings (SSSR count). The van der Waals surface area contributed by atoms with Gasteiger partial charge in [-0.3, -0.25) is 4.79 Å². The normalized spacial score (nSPS) is 14.5. The molecule has 3 N–H and O–H groups in total. The number of sulfone groups is 1. The van der Waals surface area contributed by atoms with Crippen molar-refractivity contribution in [2.45, 2.75) is 38.8 Å². The first-order valence-corrected chi connectivity index (χ1v) is 9.03. The molecule has 2 unspecified atom stereocenters. The molecular weight excluding hydrogens is 288 g/mol. The number of carbonyl (C=O) groups excluding carboxylic acids is 1. The molecule has 0 spiro atoms. The van der Waals surface area contributed by atoms with Gasteiger partial charge in [0.05, 0.1) is 11.8 Å². The number of rotatable bonds is 7. The molecule has 1 aromatic rings. The summed E-state index contributed by atoms with van der Waals surface area (Å²) in [6.07, 6.45) is 2.00. The fourth-order valence-electron chi connectivity index (χ4n) is 2.04. The van der Waals surface area contributed by atoms with Crippen LogP contribution < -0.4 is 11.1 Å². The fourth-order valence-corrected chi connectivity index (χ4v) is 2.72. The predicted molar refractivity (Wildman–Crippen MR) is 84.8 cm³/mol. The van der Waals surface area contributed by atoms with Crippen molar-refractivity contribution in [2.75, 3.05) is 12.0 Å². The highest BCUT2D eigenvalue weighted by Gasteiger charge is 2.18. The maximum Gasteiger partial charge on any atom is 0.237 e. The monoisotopic (exact) mass is 312 g/mol. The topological polar surface area (TPSA) is 89.3 Å². The van der Waals surface area contributed by atoms with Gasteiger partial charge in [0.25, 0.3) is 0 Å². The van der Waals surface area contributed by atoms with Crippen LogP contribution in [-0.2, 0) is 21.1 Å². The summed E-state index contributed by atoms with van der Waals surface area (Å²) in [5, 5.41) is 2.83. The van der Waals surface area contributed by atoms with Gasteiger partial charge in [0.1, 0.15) is 9.84 Å². The van der Waals surface area contributed by atoms with Crippen molar-refractivity contribution in [3.05, 3.63) is 35.4 Å². The van der Waals surface area contributed by atoms with Crippen LogP contribution in [0.2, 0.25) is 0 Å². The quantitative estimate of drug-likeness (QED) is 0.779. The SMILES string of the molecule is Cc1ccccc1CC(C)NC(=O)C(N)CCS(C)(=O)=O. The number of amides is 1. The molecule has 0 saturated carbocycles.